The summed E-state index contributed by atoms with van der Waals surface area (Å²) in [4.78, 5) is 25.7. The number of carbonyl (C=O) groups is 2. The van der Waals surface area contributed by atoms with Gasteiger partial charge in [-0.2, -0.15) is 0 Å². The van der Waals surface area contributed by atoms with Gasteiger partial charge in [-0.15, -0.1) is 0 Å². The highest BCUT2D eigenvalue weighted by atomic mass is 16.5. The lowest BCUT2D eigenvalue weighted by molar-refractivity contribution is -0.117. The van der Waals surface area contributed by atoms with E-state index in [1.54, 1.807) is 6.07 Å². The molecule has 1 rings (SSSR count). The van der Waals surface area contributed by atoms with Crippen LogP contribution in [0.2, 0.25) is 0 Å². The zero-order valence-electron chi connectivity index (χ0n) is 14.1. The minimum absolute atomic E-state index is 0.0999. The van der Waals surface area contributed by atoms with Crippen molar-refractivity contribution in [1.82, 2.24) is 4.90 Å². The Balaban J connectivity index is 2.65. The van der Waals surface area contributed by atoms with E-state index in [0.29, 0.717) is 12.3 Å². The van der Waals surface area contributed by atoms with Crippen molar-refractivity contribution in [2.24, 2.45) is 0 Å². The van der Waals surface area contributed by atoms with Crippen LogP contribution in [-0.4, -0.2) is 48.1 Å². The van der Waals surface area contributed by atoms with E-state index in [2.05, 4.69) is 5.32 Å². The van der Waals surface area contributed by atoms with Crippen molar-refractivity contribution in [2.75, 3.05) is 31.6 Å². The average molecular weight is 322 g/mol. The number of phenols is 1. The minimum atomic E-state index is -0.558. The number of rotatable bonds is 9. The topological polar surface area (TPSA) is 78.9 Å². The van der Waals surface area contributed by atoms with E-state index in [9.17, 15) is 14.7 Å². The maximum Gasteiger partial charge on any atom is 0.341 e. The van der Waals surface area contributed by atoms with Crippen LogP contribution in [0.25, 0.3) is 0 Å². The number of benzene rings is 1. The van der Waals surface area contributed by atoms with Gasteiger partial charge in [0.2, 0.25) is 5.91 Å². The van der Waals surface area contributed by atoms with Crippen molar-refractivity contribution >= 4 is 17.6 Å². The van der Waals surface area contributed by atoms with Crippen LogP contribution in [0.5, 0.6) is 5.75 Å². The average Bonchev–Trinajstić information content (AvgIpc) is 2.52. The molecule has 0 atom stereocenters. The lowest BCUT2D eigenvalue weighted by Crippen LogP contribution is -2.32. The van der Waals surface area contributed by atoms with Gasteiger partial charge in [-0.3, -0.25) is 9.69 Å². The molecular weight excluding hydrogens is 296 g/mol. The number of ether oxygens (including phenoxy) is 1. The molecule has 6 heteroatoms. The molecule has 0 aliphatic heterocycles. The van der Waals surface area contributed by atoms with Crippen LogP contribution in [0.4, 0.5) is 5.69 Å². The van der Waals surface area contributed by atoms with Crippen LogP contribution >= 0.6 is 0 Å². The van der Waals surface area contributed by atoms with Crippen molar-refractivity contribution in [1.29, 1.82) is 0 Å². The first-order valence-corrected chi connectivity index (χ1v) is 8.04. The SMILES string of the molecule is CCCCOC(=O)c1ccc(NC(=O)CN(CC)CC)cc1O. The monoisotopic (exact) mass is 322 g/mol. The standard InChI is InChI=1S/C17H26N2O4/c1-4-7-10-23-17(22)14-9-8-13(11-15(14)20)18-16(21)12-19(5-2)6-3/h8-9,11,20H,4-7,10,12H2,1-3H3,(H,18,21). The van der Waals surface area contributed by atoms with Crippen LogP contribution in [0.15, 0.2) is 18.2 Å². The first-order chi connectivity index (χ1) is 11.0. The second-order valence-electron chi connectivity index (χ2n) is 5.23. The molecule has 128 valence electrons. The van der Waals surface area contributed by atoms with Gasteiger partial charge in [0.05, 0.1) is 13.2 Å². The fourth-order valence-corrected chi connectivity index (χ4v) is 2.02. The maximum absolute atomic E-state index is 11.9. The molecule has 1 amide bonds. The summed E-state index contributed by atoms with van der Waals surface area (Å²) in [6.45, 7) is 8.17. The molecular formula is C17H26N2O4. The quantitative estimate of drug-likeness (QED) is 0.540. The number of phenolic OH excluding ortho intramolecular Hbond substituents is 1. The molecule has 0 fully saturated rings. The molecule has 0 heterocycles. The Kier molecular flexibility index (Phi) is 8.11. The van der Waals surface area contributed by atoms with Gasteiger partial charge in [0.1, 0.15) is 11.3 Å². The van der Waals surface area contributed by atoms with Crippen LogP contribution in [0.1, 0.15) is 44.0 Å². The Hall–Kier alpha value is -2.08. The third-order valence-corrected chi connectivity index (χ3v) is 3.49. The summed E-state index contributed by atoms with van der Waals surface area (Å²) in [5.41, 5.74) is 0.549. The van der Waals surface area contributed by atoms with Gasteiger partial charge < -0.3 is 15.2 Å². The van der Waals surface area contributed by atoms with Gasteiger partial charge in [-0.25, -0.2) is 4.79 Å². The highest BCUT2D eigenvalue weighted by Gasteiger charge is 2.14. The van der Waals surface area contributed by atoms with Crippen molar-refractivity contribution < 1.29 is 19.4 Å². The first kappa shape index (κ1) is 19.0. The Morgan fingerprint density at radius 2 is 1.91 bits per heavy atom. The number of hydrogen-bond donors (Lipinski definition) is 2. The van der Waals surface area contributed by atoms with E-state index >= 15 is 0 Å². The number of anilines is 1. The lowest BCUT2D eigenvalue weighted by atomic mass is 10.2. The second-order valence-corrected chi connectivity index (χ2v) is 5.23. The number of esters is 1. The van der Waals surface area contributed by atoms with Gasteiger partial charge in [0, 0.05) is 11.8 Å². The summed E-state index contributed by atoms with van der Waals surface area (Å²) in [6.07, 6.45) is 1.71. The predicted molar refractivity (Wildman–Crippen MR) is 89.7 cm³/mol. The summed E-state index contributed by atoms with van der Waals surface area (Å²) in [5.74, 6) is -0.921. The van der Waals surface area contributed by atoms with E-state index < -0.39 is 5.97 Å². The normalized spacial score (nSPS) is 10.6. The fraction of sp³-hybridized carbons (Fsp3) is 0.529. The van der Waals surface area contributed by atoms with E-state index in [1.165, 1.54) is 12.1 Å². The summed E-state index contributed by atoms with van der Waals surface area (Å²) in [7, 11) is 0. The minimum Gasteiger partial charge on any atom is -0.507 e. The zero-order valence-corrected chi connectivity index (χ0v) is 14.1. The van der Waals surface area contributed by atoms with Crippen LogP contribution < -0.4 is 5.32 Å². The molecule has 0 spiro atoms. The molecule has 1 aromatic rings. The Labute approximate surface area is 137 Å². The van der Waals surface area contributed by atoms with Crippen molar-refractivity contribution in [3.05, 3.63) is 23.8 Å². The highest BCUT2D eigenvalue weighted by molar-refractivity contribution is 5.95. The molecule has 0 aromatic heterocycles. The predicted octanol–water partition coefficient (Wildman–Crippen LogP) is 2.63. The zero-order chi connectivity index (χ0) is 17.2. The van der Waals surface area contributed by atoms with E-state index in [4.69, 9.17) is 4.74 Å². The van der Waals surface area contributed by atoms with Gasteiger partial charge in [-0.1, -0.05) is 27.2 Å². The number of carbonyl (C=O) groups excluding carboxylic acids is 2. The lowest BCUT2D eigenvalue weighted by Gasteiger charge is -2.17. The third kappa shape index (κ3) is 6.28. The number of hydrogen-bond acceptors (Lipinski definition) is 5. The van der Waals surface area contributed by atoms with E-state index in [-0.39, 0.29) is 23.8 Å². The Bertz CT molecular complexity index is 527. The maximum atomic E-state index is 11.9. The Morgan fingerprint density at radius 1 is 1.22 bits per heavy atom. The number of aromatic hydroxyl groups is 1. The van der Waals surface area contributed by atoms with E-state index in [0.717, 1.165) is 25.9 Å². The summed E-state index contributed by atoms with van der Waals surface area (Å²) >= 11 is 0. The molecule has 0 bridgehead atoms. The van der Waals surface area contributed by atoms with Crippen molar-refractivity contribution in [3.63, 3.8) is 0 Å². The first-order valence-electron chi connectivity index (χ1n) is 8.04. The molecule has 0 unspecified atom stereocenters. The molecule has 0 aliphatic carbocycles. The smallest absolute Gasteiger partial charge is 0.341 e. The molecule has 1 aromatic carbocycles. The van der Waals surface area contributed by atoms with Crippen LogP contribution in [-0.2, 0) is 9.53 Å². The third-order valence-electron chi connectivity index (χ3n) is 3.49. The van der Waals surface area contributed by atoms with Gasteiger partial charge in [0.15, 0.2) is 0 Å². The van der Waals surface area contributed by atoms with Gasteiger partial charge in [0.25, 0.3) is 0 Å². The number of unbranched alkanes of at least 4 members (excludes halogenated alkanes) is 1. The molecule has 6 nitrogen and oxygen atoms in total. The molecule has 23 heavy (non-hydrogen) atoms. The number of nitrogens with one attached hydrogen (secondary N) is 1. The number of likely N-dealkylation sites (N-methyl/N-ethyl adjacent to an activating group) is 1. The Morgan fingerprint density at radius 3 is 2.48 bits per heavy atom. The second kappa shape index (κ2) is 9.84. The summed E-state index contributed by atoms with van der Waals surface area (Å²) in [5, 5.41) is 12.7. The molecule has 0 saturated carbocycles. The molecule has 2 N–H and O–H groups in total. The number of amides is 1. The van der Waals surface area contributed by atoms with Gasteiger partial charge >= 0.3 is 5.97 Å². The highest BCUT2D eigenvalue weighted by Crippen LogP contribution is 2.23. The van der Waals surface area contributed by atoms with Crippen LogP contribution in [0, 0.1) is 0 Å². The summed E-state index contributed by atoms with van der Waals surface area (Å²) in [6, 6.07) is 4.39. The van der Waals surface area contributed by atoms with Crippen molar-refractivity contribution in [3.8, 4) is 5.75 Å². The molecule has 0 aliphatic rings. The molecule has 0 radical (unpaired) electrons. The summed E-state index contributed by atoms with van der Waals surface area (Å²) < 4.78 is 5.06. The van der Waals surface area contributed by atoms with E-state index in [1.807, 2.05) is 25.7 Å². The molecule has 0 saturated heterocycles. The van der Waals surface area contributed by atoms with Gasteiger partial charge in [-0.05, 0) is 31.6 Å². The number of nitrogens with zero attached hydrogens (tertiary/aromatic N) is 1. The largest absolute Gasteiger partial charge is 0.507 e. The van der Waals surface area contributed by atoms with Crippen molar-refractivity contribution in [2.45, 2.75) is 33.6 Å². The van der Waals surface area contributed by atoms with Crippen LogP contribution in [0.3, 0.4) is 0 Å². The fourth-order valence-electron chi connectivity index (χ4n) is 2.02.